The molecule has 0 fully saturated rings. The Morgan fingerprint density at radius 2 is 1.64 bits per heavy atom. The first kappa shape index (κ1) is 10.9. The second-order valence-corrected chi connectivity index (χ2v) is 6.92. The monoisotopic (exact) mass is 178 g/mol. The molecule has 0 aliphatic rings. The van der Waals surface area contributed by atoms with Crippen LogP contribution in [0, 0.1) is 0 Å². The predicted molar refractivity (Wildman–Crippen MR) is 49.9 cm³/mol. The van der Waals surface area contributed by atoms with Crippen LogP contribution in [0.5, 0.6) is 0 Å². The maximum absolute atomic E-state index is 12.0. The molecule has 0 rings (SSSR count). The minimum atomic E-state index is -2.20. The first-order valence-electron chi connectivity index (χ1n) is 3.58. The van der Waals surface area contributed by atoms with Gasteiger partial charge in [0.15, 0.2) is 0 Å². The molecule has 0 spiro atoms. The standard InChI is InChI=1S/C7H18N2OS/c1-7(2,3)11(10,8-4)9(5)6/h1-6H3. The van der Waals surface area contributed by atoms with Gasteiger partial charge in [-0.1, -0.05) is 0 Å². The fraction of sp³-hybridized carbons (Fsp3) is 1.00. The van der Waals surface area contributed by atoms with E-state index in [0.29, 0.717) is 0 Å². The third-order valence-electron chi connectivity index (χ3n) is 1.54. The highest BCUT2D eigenvalue weighted by molar-refractivity contribution is 7.92. The van der Waals surface area contributed by atoms with Gasteiger partial charge in [0.2, 0.25) is 0 Å². The molecule has 0 N–H and O–H groups in total. The molecular formula is C7H18N2OS. The van der Waals surface area contributed by atoms with Crippen LogP contribution in [0.3, 0.4) is 0 Å². The lowest BCUT2D eigenvalue weighted by molar-refractivity contribution is 0.554. The predicted octanol–water partition coefficient (Wildman–Crippen LogP) is 1.36. The van der Waals surface area contributed by atoms with Crippen molar-refractivity contribution in [2.75, 3.05) is 21.1 Å². The van der Waals surface area contributed by atoms with Gasteiger partial charge >= 0.3 is 0 Å². The molecule has 0 aromatic heterocycles. The molecule has 0 aromatic rings. The first-order valence-corrected chi connectivity index (χ1v) is 5.05. The highest BCUT2D eigenvalue weighted by Gasteiger charge is 2.28. The number of hydrogen-bond donors (Lipinski definition) is 0. The van der Waals surface area contributed by atoms with Crippen molar-refractivity contribution >= 4 is 9.92 Å². The zero-order chi connectivity index (χ0) is 9.28. The molecular weight excluding hydrogens is 160 g/mol. The summed E-state index contributed by atoms with van der Waals surface area (Å²) in [6, 6.07) is 0. The smallest absolute Gasteiger partial charge is 0.114 e. The largest absolute Gasteiger partial charge is 0.233 e. The first-order chi connectivity index (χ1) is 4.75. The van der Waals surface area contributed by atoms with E-state index >= 15 is 0 Å². The van der Waals surface area contributed by atoms with Crippen LogP contribution >= 0.6 is 0 Å². The Kier molecular flexibility index (Phi) is 3.08. The summed E-state index contributed by atoms with van der Waals surface area (Å²) in [6.45, 7) is 5.80. The van der Waals surface area contributed by atoms with Gasteiger partial charge in [-0.15, -0.1) is 0 Å². The molecule has 0 amide bonds. The second-order valence-electron chi connectivity index (χ2n) is 3.60. The molecule has 11 heavy (non-hydrogen) atoms. The molecule has 68 valence electrons. The normalized spacial score (nSPS) is 18.1. The van der Waals surface area contributed by atoms with Gasteiger partial charge in [-0.25, -0.2) is 12.9 Å². The topological polar surface area (TPSA) is 32.7 Å². The lowest BCUT2D eigenvalue weighted by atomic mass is 10.3. The average molecular weight is 178 g/mol. The molecule has 0 aliphatic heterocycles. The van der Waals surface area contributed by atoms with E-state index in [1.807, 2.05) is 20.8 Å². The number of rotatable bonds is 1. The third kappa shape index (κ3) is 1.93. The molecule has 4 heteroatoms. The summed E-state index contributed by atoms with van der Waals surface area (Å²) in [5, 5.41) is 0. The summed E-state index contributed by atoms with van der Waals surface area (Å²) in [5.74, 6) is 0. The highest BCUT2D eigenvalue weighted by atomic mass is 32.2. The Morgan fingerprint density at radius 1 is 1.27 bits per heavy atom. The van der Waals surface area contributed by atoms with Crippen LogP contribution < -0.4 is 0 Å². The molecule has 0 aromatic carbocycles. The fourth-order valence-corrected chi connectivity index (χ4v) is 2.95. The maximum atomic E-state index is 12.0. The summed E-state index contributed by atoms with van der Waals surface area (Å²) in [7, 11) is 2.99. The summed E-state index contributed by atoms with van der Waals surface area (Å²) in [4.78, 5) is 0. The van der Waals surface area contributed by atoms with Gasteiger partial charge < -0.3 is 0 Å². The Bertz CT molecular complexity index is 231. The van der Waals surface area contributed by atoms with Gasteiger partial charge in [0.1, 0.15) is 9.92 Å². The van der Waals surface area contributed by atoms with Crippen LogP contribution in [-0.4, -0.2) is 34.4 Å². The van der Waals surface area contributed by atoms with Crippen molar-refractivity contribution in [1.82, 2.24) is 4.31 Å². The van der Waals surface area contributed by atoms with E-state index in [-0.39, 0.29) is 4.75 Å². The Labute approximate surface area is 70.1 Å². The van der Waals surface area contributed by atoms with Crippen molar-refractivity contribution in [2.45, 2.75) is 25.5 Å². The van der Waals surface area contributed by atoms with E-state index in [9.17, 15) is 4.21 Å². The molecule has 3 nitrogen and oxygen atoms in total. The minimum Gasteiger partial charge on any atom is -0.233 e. The Hall–Kier alpha value is -0.0900. The lowest BCUT2D eigenvalue weighted by Gasteiger charge is -2.28. The van der Waals surface area contributed by atoms with Crippen LogP contribution in [0.15, 0.2) is 4.36 Å². The Morgan fingerprint density at radius 3 is 1.64 bits per heavy atom. The van der Waals surface area contributed by atoms with E-state index in [0.717, 1.165) is 0 Å². The van der Waals surface area contributed by atoms with Gasteiger partial charge in [0.25, 0.3) is 0 Å². The average Bonchev–Trinajstić information content (AvgIpc) is 1.83. The van der Waals surface area contributed by atoms with Crippen LogP contribution in [0.1, 0.15) is 20.8 Å². The van der Waals surface area contributed by atoms with Crippen LogP contribution in [0.25, 0.3) is 0 Å². The fourth-order valence-electron chi connectivity index (χ4n) is 0.985. The summed E-state index contributed by atoms with van der Waals surface area (Å²) < 4.78 is 17.4. The molecule has 0 aliphatic carbocycles. The molecule has 0 bridgehead atoms. The van der Waals surface area contributed by atoms with Crippen LogP contribution in [0.2, 0.25) is 0 Å². The van der Waals surface area contributed by atoms with Crippen molar-refractivity contribution in [3.63, 3.8) is 0 Å². The summed E-state index contributed by atoms with van der Waals surface area (Å²) >= 11 is 0. The van der Waals surface area contributed by atoms with Gasteiger partial charge in [-0.05, 0) is 20.8 Å². The molecule has 0 heterocycles. The molecule has 0 saturated carbocycles. The van der Waals surface area contributed by atoms with Crippen molar-refractivity contribution in [3.05, 3.63) is 0 Å². The van der Waals surface area contributed by atoms with E-state index in [1.54, 1.807) is 25.4 Å². The molecule has 1 atom stereocenters. The lowest BCUT2D eigenvalue weighted by Crippen LogP contribution is -2.38. The van der Waals surface area contributed by atoms with Crippen molar-refractivity contribution in [2.24, 2.45) is 4.36 Å². The molecule has 1 unspecified atom stereocenters. The summed E-state index contributed by atoms with van der Waals surface area (Å²) in [5.41, 5.74) is 0. The van der Waals surface area contributed by atoms with E-state index in [1.165, 1.54) is 0 Å². The van der Waals surface area contributed by atoms with Crippen molar-refractivity contribution in [1.29, 1.82) is 0 Å². The molecule has 0 saturated heterocycles. The summed E-state index contributed by atoms with van der Waals surface area (Å²) in [6.07, 6.45) is 0. The van der Waals surface area contributed by atoms with Crippen LogP contribution in [0.4, 0.5) is 0 Å². The third-order valence-corrected chi connectivity index (χ3v) is 4.62. The van der Waals surface area contributed by atoms with E-state index in [2.05, 4.69) is 4.36 Å². The van der Waals surface area contributed by atoms with Gasteiger partial charge in [0, 0.05) is 21.1 Å². The highest BCUT2D eigenvalue weighted by Crippen LogP contribution is 2.19. The maximum Gasteiger partial charge on any atom is 0.114 e. The number of hydrogen-bond acceptors (Lipinski definition) is 2. The van der Waals surface area contributed by atoms with Gasteiger partial charge in [0.05, 0.1) is 4.75 Å². The SMILES string of the molecule is CN=S(=O)(N(C)C)C(C)(C)C. The van der Waals surface area contributed by atoms with E-state index in [4.69, 9.17) is 0 Å². The second kappa shape index (κ2) is 3.11. The van der Waals surface area contributed by atoms with Gasteiger partial charge in [-0.2, -0.15) is 0 Å². The van der Waals surface area contributed by atoms with Crippen molar-refractivity contribution in [3.8, 4) is 0 Å². The zero-order valence-corrected chi connectivity index (χ0v) is 9.03. The number of nitrogens with zero attached hydrogens (tertiary/aromatic N) is 2. The minimum absolute atomic E-state index is 0.286. The van der Waals surface area contributed by atoms with Gasteiger partial charge in [-0.3, -0.25) is 0 Å². The quantitative estimate of drug-likeness (QED) is 0.596. The van der Waals surface area contributed by atoms with E-state index < -0.39 is 9.92 Å². The zero-order valence-electron chi connectivity index (χ0n) is 8.21. The Balaban J connectivity index is 5.14. The molecule has 0 radical (unpaired) electrons. The van der Waals surface area contributed by atoms with Crippen LogP contribution in [-0.2, 0) is 9.92 Å². The van der Waals surface area contributed by atoms with Crippen molar-refractivity contribution < 1.29 is 4.21 Å².